The average Bonchev–Trinajstić information content (AvgIpc) is 3.16. The minimum atomic E-state index is -0.998. The fraction of sp³-hybridized carbons (Fsp3) is 0.444. The van der Waals surface area contributed by atoms with Gasteiger partial charge in [-0.25, -0.2) is 9.59 Å². The lowest BCUT2D eigenvalue weighted by Gasteiger charge is -2.33. The van der Waals surface area contributed by atoms with Gasteiger partial charge in [0.1, 0.15) is 12.6 Å². The van der Waals surface area contributed by atoms with Crippen LogP contribution in [0.1, 0.15) is 56.1 Å². The van der Waals surface area contributed by atoms with Crippen LogP contribution < -0.4 is 5.32 Å². The highest BCUT2D eigenvalue weighted by Crippen LogP contribution is 2.44. The van der Waals surface area contributed by atoms with Crippen molar-refractivity contribution in [3.8, 4) is 11.1 Å². The van der Waals surface area contributed by atoms with Crippen molar-refractivity contribution >= 4 is 18.0 Å². The first-order valence-electron chi connectivity index (χ1n) is 12.0. The molecule has 3 atom stereocenters. The normalized spacial score (nSPS) is 20.1. The van der Waals surface area contributed by atoms with E-state index in [1.54, 1.807) is 14.0 Å². The molecule has 1 fully saturated rings. The number of likely N-dealkylation sites (N-methyl/N-ethyl adjacent to an activating group) is 1. The predicted octanol–water partition coefficient (Wildman–Crippen LogP) is 4.41. The maximum absolute atomic E-state index is 12.9. The van der Waals surface area contributed by atoms with Crippen molar-refractivity contribution in [3.05, 3.63) is 59.7 Å². The molecular formula is C27H32N2O5. The smallest absolute Gasteiger partial charge is 0.407 e. The molecule has 7 heteroatoms. The Morgan fingerprint density at radius 2 is 1.68 bits per heavy atom. The summed E-state index contributed by atoms with van der Waals surface area (Å²) in [4.78, 5) is 38.3. The van der Waals surface area contributed by atoms with Crippen molar-refractivity contribution in [2.24, 2.45) is 5.92 Å². The predicted molar refractivity (Wildman–Crippen MR) is 128 cm³/mol. The third-order valence-electron chi connectivity index (χ3n) is 7.18. The highest BCUT2D eigenvalue weighted by Gasteiger charge is 2.34. The highest BCUT2D eigenvalue weighted by atomic mass is 16.5. The number of alkyl carbamates (subject to hydrolysis) is 1. The molecule has 0 saturated heterocycles. The van der Waals surface area contributed by atoms with Crippen LogP contribution in [-0.2, 0) is 14.3 Å². The Morgan fingerprint density at radius 3 is 2.26 bits per heavy atom. The highest BCUT2D eigenvalue weighted by molar-refractivity contribution is 5.85. The zero-order valence-electron chi connectivity index (χ0n) is 19.7. The molecule has 4 rings (SSSR count). The molecule has 2 aromatic rings. The van der Waals surface area contributed by atoms with Gasteiger partial charge in [-0.1, -0.05) is 61.9 Å². The number of hydrogen-bond acceptors (Lipinski definition) is 4. The fourth-order valence-corrected chi connectivity index (χ4v) is 5.41. The molecule has 0 spiro atoms. The van der Waals surface area contributed by atoms with Gasteiger partial charge in [0.05, 0.1) is 0 Å². The molecule has 2 amide bonds. The zero-order chi connectivity index (χ0) is 24.2. The summed E-state index contributed by atoms with van der Waals surface area (Å²) in [6, 6.07) is 15.4. The second-order valence-corrected chi connectivity index (χ2v) is 9.24. The van der Waals surface area contributed by atoms with Gasteiger partial charge >= 0.3 is 12.1 Å². The van der Waals surface area contributed by atoms with E-state index >= 15 is 0 Å². The Labute approximate surface area is 200 Å². The van der Waals surface area contributed by atoms with E-state index < -0.39 is 18.1 Å². The van der Waals surface area contributed by atoms with Crippen LogP contribution in [0.3, 0.4) is 0 Å². The van der Waals surface area contributed by atoms with Gasteiger partial charge in [0.25, 0.3) is 0 Å². The van der Waals surface area contributed by atoms with Crippen LogP contribution in [0.5, 0.6) is 0 Å². The number of carboxylic acid groups (broad SMARTS) is 1. The van der Waals surface area contributed by atoms with E-state index in [0.29, 0.717) is 19.3 Å². The van der Waals surface area contributed by atoms with E-state index in [1.807, 2.05) is 24.3 Å². The van der Waals surface area contributed by atoms with Crippen molar-refractivity contribution in [1.29, 1.82) is 0 Å². The summed E-state index contributed by atoms with van der Waals surface area (Å²) in [6.45, 7) is 2.00. The van der Waals surface area contributed by atoms with Gasteiger partial charge in [0.15, 0.2) is 0 Å². The van der Waals surface area contributed by atoms with Crippen LogP contribution in [0.15, 0.2) is 48.5 Å². The summed E-state index contributed by atoms with van der Waals surface area (Å²) in [5.41, 5.74) is 4.67. The molecule has 0 radical (unpaired) electrons. The summed E-state index contributed by atoms with van der Waals surface area (Å²) >= 11 is 0. The van der Waals surface area contributed by atoms with Crippen LogP contribution in [0.2, 0.25) is 0 Å². The number of carboxylic acids is 1. The molecule has 2 aliphatic rings. The molecule has 0 heterocycles. The Morgan fingerprint density at radius 1 is 1.06 bits per heavy atom. The summed E-state index contributed by atoms with van der Waals surface area (Å²) in [5.74, 6) is -1.48. The first kappa shape index (κ1) is 23.8. The number of carbonyl (C=O) groups excluding carboxylic acids is 2. The van der Waals surface area contributed by atoms with Gasteiger partial charge in [-0.15, -0.1) is 0 Å². The molecule has 0 aromatic heterocycles. The zero-order valence-corrected chi connectivity index (χ0v) is 19.7. The maximum atomic E-state index is 12.9. The second-order valence-electron chi connectivity index (χ2n) is 9.24. The van der Waals surface area contributed by atoms with Gasteiger partial charge in [0, 0.05) is 24.9 Å². The number of nitrogens with zero attached hydrogens (tertiary/aromatic N) is 1. The van der Waals surface area contributed by atoms with Crippen LogP contribution >= 0.6 is 0 Å². The van der Waals surface area contributed by atoms with Crippen molar-refractivity contribution in [2.75, 3.05) is 13.7 Å². The number of hydrogen-bond donors (Lipinski definition) is 2. The lowest BCUT2D eigenvalue weighted by atomic mass is 9.84. The average molecular weight is 465 g/mol. The van der Waals surface area contributed by atoms with Crippen LogP contribution in [0.25, 0.3) is 11.1 Å². The number of amides is 2. The first-order valence-corrected chi connectivity index (χ1v) is 12.0. The van der Waals surface area contributed by atoms with Crippen molar-refractivity contribution in [2.45, 2.75) is 57.0 Å². The third-order valence-corrected chi connectivity index (χ3v) is 7.18. The number of rotatable bonds is 7. The molecular weight excluding hydrogens is 432 g/mol. The van der Waals surface area contributed by atoms with E-state index in [-0.39, 0.29) is 30.4 Å². The molecule has 1 saturated carbocycles. The molecule has 34 heavy (non-hydrogen) atoms. The number of nitrogens with one attached hydrogen (secondary N) is 1. The largest absolute Gasteiger partial charge is 0.480 e. The molecule has 180 valence electrons. The van der Waals surface area contributed by atoms with E-state index in [4.69, 9.17) is 4.74 Å². The Balaban J connectivity index is 1.34. The van der Waals surface area contributed by atoms with Crippen LogP contribution in [0, 0.1) is 5.92 Å². The molecule has 7 nitrogen and oxygen atoms in total. The number of carbonyl (C=O) groups is 3. The van der Waals surface area contributed by atoms with Crippen molar-refractivity contribution in [1.82, 2.24) is 10.2 Å². The van der Waals surface area contributed by atoms with E-state index in [1.165, 1.54) is 16.0 Å². The number of aliphatic carboxylic acids is 1. The summed E-state index contributed by atoms with van der Waals surface area (Å²) < 4.78 is 5.65. The topological polar surface area (TPSA) is 95.9 Å². The van der Waals surface area contributed by atoms with Gasteiger partial charge < -0.3 is 20.1 Å². The summed E-state index contributed by atoms with van der Waals surface area (Å²) in [6.07, 6.45) is 2.62. The number of ether oxygens (including phenoxy) is 1. The lowest BCUT2D eigenvalue weighted by molar-refractivity contribution is -0.151. The molecule has 0 bridgehead atoms. The first-order chi connectivity index (χ1) is 16.4. The monoisotopic (exact) mass is 464 g/mol. The Bertz CT molecular complexity index is 1020. The van der Waals surface area contributed by atoms with Gasteiger partial charge in [-0.3, -0.25) is 4.79 Å². The molecule has 3 unspecified atom stereocenters. The standard InChI is InChI=1S/C27H32N2O5/c1-3-24(26(31)32)29(2)25(30)17-9-8-10-18(15-17)28-27(33)34-16-23-21-13-6-4-11-19(21)20-12-5-7-14-22(20)23/h4-7,11-14,17-18,23-24H,3,8-10,15-16H2,1-2H3,(H,28,33)(H,31,32). The van der Waals surface area contributed by atoms with E-state index in [2.05, 4.69) is 29.6 Å². The molecule has 2 aliphatic carbocycles. The molecule has 2 aromatic carbocycles. The van der Waals surface area contributed by atoms with Gasteiger partial charge in [-0.05, 0) is 47.9 Å². The minimum absolute atomic E-state index is 0.00511. The van der Waals surface area contributed by atoms with E-state index in [0.717, 1.165) is 24.0 Å². The third kappa shape index (κ3) is 4.79. The Kier molecular flexibility index (Phi) is 7.20. The lowest BCUT2D eigenvalue weighted by Crippen LogP contribution is -2.47. The molecule has 2 N–H and O–H groups in total. The molecule has 0 aliphatic heterocycles. The van der Waals surface area contributed by atoms with E-state index in [9.17, 15) is 19.5 Å². The van der Waals surface area contributed by atoms with Crippen molar-refractivity contribution < 1.29 is 24.2 Å². The van der Waals surface area contributed by atoms with Gasteiger partial charge in [0.2, 0.25) is 5.91 Å². The fourth-order valence-electron chi connectivity index (χ4n) is 5.41. The van der Waals surface area contributed by atoms with Crippen molar-refractivity contribution in [3.63, 3.8) is 0 Å². The second kappa shape index (κ2) is 10.3. The van der Waals surface area contributed by atoms with Crippen LogP contribution in [-0.4, -0.2) is 53.7 Å². The Hall–Kier alpha value is -3.35. The minimum Gasteiger partial charge on any atom is -0.480 e. The van der Waals surface area contributed by atoms with Crippen LogP contribution in [0.4, 0.5) is 4.79 Å². The number of fused-ring (bicyclic) bond motifs is 3. The number of benzene rings is 2. The summed E-state index contributed by atoms with van der Waals surface area (Å²) in [7, 11) is 1.55. The maximum Gasteiger partial charge on any atom is 0.407 e. The SMILES string of the molecule is CCC(C(=O)O)N(C)C(=O)C1CCCC(NC(=O)OCC2c3ccccc3-c3ccccc32)C1. The van der Waals surface area contributed by atoms with Gasteiger partial charge in [-0.2, -0.15) is 0 Å². The summed E-state index contributed by atoms with van der Waals surface area (Å²) in [5, 5.41) is 12.3. The quantitative estimate of drug-likeness (QED) is 0.633.